The van der Waals surface area contributed by atoms with Gasteiger partial charge in [0.1, 0.15) is 0 Å². The predicted molar refractivity (Wildman–Crippen MR) is 61.7 cm³/mol. The van der Waals surface area contributed by atoms with E-state index in [-0.39, 0.29) is 0 Å². The second-order valence-electron chi connectivity index (χ2n) is 4.88. The van der Waals surface area contributed by atoms with Gasteiger partial charge in [0.25, 0.3) is 0 Å². The molecule has 0 saturated carbocycles. The highest BCUT2D eigenvalue weighted by Crippen LogP contribution is 2.23. The smallest absolute Gasteiger partial charge is 0.225 e. The van der Waals surface area contributed by atoms with Crippen molar-refractivity contribution in [2.24, 2.45) is 0 Å². The monoisotopic (exact) mass is 232 g/mol. The van der Waals surface area contributed by atoms with E-state index in [1.54, 1.807) is 25.8 Å². The molecule has 0 spiro atoms. The molecular weight excluding hydrogens is 212 g/mol. The molecule has 0 bridgehead atoms. The average Bonchev–Trinajstić information content (AvgIpc) is 2.77. The van der Waals surface area contributed by atoms with Gasteiger partial charge in [-0.1, -0.05) is 6.08 Å². The number of sulfonamides is 1. The summed E-state index contributed by atoms with van der Waals surface area (Å²) < 4.78 is 22.7. The number of rotatable bonds is 5. The minimum atomic E-state index is -3.24. The minimum absolute atomic E-state index is 0.347. The van der Waals surface area contributed by atoms with Crippen LogP contribution in [0.3, 0.4) is 0 Å². The molecule has 1 rings (SSSR count). The molecule has 4 nitrogen and oxygen atoms in total. The maximum Gasteiger partial charge on any atom is 0.229 e. The number of hydrogen-bond acceptors (Lipinski definition) is 3. The largest absolute Gasteiger partial charge is 0.229 e. The van der Waals surface area contributed by atoms with Crippen molar-refractivity contribution in [1.82, 2.24) is 9.84 Å². The number of hydrazine groups is 1. The van der Waals surface area contributed by atoms with Crippen LogP contribution in [0.1, 0.15) is 33.6 Å². The third-order valence-corrected chi connectivity index (χ3v) is 4.55. The predicted octanol–water partition coefficient (Wildman–Crippen LogP) is 1.27. The van der Waals surface area contributed by atoms with Gasteiger partial charge in [-0.3, -0.25) is 0 Å². The molecule has 5 heteroatoms. The molecule has 2 atom stereocenters. The lowest BCUT2D eigenvalue weighted by Crippen LogP contribution is -2.42. The van der Waals surface area contributed by atoms with Gasteiger partial charge in [0.15, 0.2) is 0 Å². The van der Waals surface area contributed by atoms with E-state index in [1.807, 2.05) is 6.08 Å². The van der Waals surface area contributed by atoms with E-state index in [0.29, 0.717) is 6.04 Å². The number of nitrogens with one attached hydrogen (secondary N) is 1. The van der Waals surface area contributed by atoms with Gasteiger partial charge >= 0.3 is 0 Å². The zero-order chi connectivity index (χ0) is 11.7. The van der Waals surface area contributed by atoms with Crippen LogP contribution < -0.4 is 4.83 Å². The number of hydrogen-bond donors (Lipinski definition) is 1. The molecule has 1 aliphatic heterocycles. The molecule has 1 aliphatic rings. The molecule has 0 aliphatic carbocycles. The van der Waals surface area contributed by atoms with Gasteiger partial charge in [0.2, 0.25) is 10.0 Å². The first-order chi connectivity index (χ1) is 6.78. The van der Waals surface area contributed by atoms with Gasteiger partial charge in [-0.25, -0.2) is 13.4 Å². The molecule has 88 valence electrons. The first-order valence-electron chi connectivity index (χ1n) is 5.17. The Kier molecular flexibility index (Phi) is 3.58. The molecule has 0 aromatic heterocycles. The van der Waals surface area contributed by atoms with E-state index in [9.17, 15) is 8.42 Å². The van der Waals surface area contributed by atoms with E-state index in [0.717, 1.165) is 19.4 Å². The lowest BCUT2D eigenvalue weighted by Gasteiger charge is -2.20. The first kappa shape index (κ1) is 12.7. The fraction of sp³-hybridized carbons (Fsp3) is 0.800. The molecule has 15 heavy (non-hydrogen) atoms. The zero-order valence-corrected chi connectivity index (χ0v) is 10.5. The van der Waals surface area contributed by atoms with E-state index >= 15 is 0 Å². The Labute approximate surface area is 92.4 Å². The van der Waals surface area contributed by atoms with Crippen molar-refractivity contribution in [1.29, 1.82) is 0 Å². The van der Waals surface area contributed by atoms with Crippen molar-refractivity contribution in [3.63, 3.8) is 0 Å². The Morgan fingerprint density at radius 1 is 1.53 bits per heavy atom. The molecule has 0 amide bonds. The van der Waals surface area contributed by atoms with Crippen LogP contribution in [0.4, 0.5) is 0 Å². The fourth-order valence-electron chi connectivity index (χ4n) is 1.14. The summed E-state index contributed by atoms with van der Waals surface area (Å²) in [6.07, 6.45) is 3.75. The molecular formula is C10H20N2O2S. The Morgan fingerprint density at radius 2 is 2.13 bits per heavy atom. The van der Waals surface area contributed by atoms with Crippen molar-refractivity contribution >= 4 is 10.0 Å². The zero-order valence-electron chi connectivity index (χ0n) is 9.66. The molecule has 1 heterocycles. The molecule has 1 unspecified atom stereocenters. The summed E-state index contributed by atoms with van der Waals surface area (Å²) in [4.78, 5) is 2.60. The van der Waals surface area contributed by atoms with Gasteiger partial charge in [-0.05, 0) is 33.6 Å². The van der Waals surface area contributed by atoms with Gasteiger partial charge in [0.05, 0.1) is 4.75 Å². The highest BCUT2D eigenvalue weighted by molar-refractivity contribution is 7.90. The lowest BCUT2D eigenvalue weighted by molar-refractivity contribution is 0.428. The molecule has 1 fully saturated rings. The van der Waals surface area contributed by atoms with Crippen LogP contribution in [0, 0.1) is 0 Å². The van der Waals surface area contributed by atoms with E-state index < -0.39 is 14.8 Å². The molecule has 1 N–H and O–H groups in total. The van der Waals surface area contributed by atoms with Crippen molar-refractivity contribution in [3.8, 4) is 0 Å². The van der Waals surface area contributed by atoms with Crippen LogP contribution in [-0.2, 0) is 10.0 Å². The molecule has 1 saturated heterocycles. The summed E-state index contributed by atoms with van der Waals surface area (Å²) >= 11 is 0. The van der Waals surface area contributed by atoms with Crippen LogP contribution in [0.5, 0.6) is 0 Å². The fourth-order valence-corrected chi connectivity index (χ4v) is 1.95. The van der Waals surface area contributed by atoms with E-state index in [2.05, 4.69) is 11.4 Å². The first-order valence-corrected chi connectivity index (χ1v) is 6.66. The van der Waals surface area contributed by atoms with Gasteiger partial charge in [0, 0.05) is 12.6 Å². The van der Waals surface area contributed by atoms with Crippen LogP contribution in [0.2, 0.25) is 0 Å². The topological polar surface area (TPSA) is 49.2 Å². The summed E-state index contributed by atoms with van der Waals surface area (Å²) in [5, 5.41) is 1.77. The van der Waals surface area contributed by atoms with Crippen LogP contribution in [-0.4, -0.2) is 30.8 Å². The molecule has 0 radical (unpaired) electrons. The summed E-state index contributed by atoms with van der Waals surface area (Å²) in [6, 6.07) is 0.347. The Morgan fingerprint density at radius 3 is 2.60 bits per heavy atom. The van der Waals surface area contributed by atoms with E-state index in [1.165, 1.54) is 0 Å². The Hall–Kier alpha value is -0.390. The molecule has 0 aromatic carbocycles. The standard InChI is InChI=1S/C10H20N2O2S/c1-5-6-7-9-8-12(9)11-15(13,14)10(2,3)4/h5,9,11H,1,6-8H2,2-4H3/t9-,12?/m0/s1. The van der Waals surface area contributed by atoms with Gasteiger partial charge < -0.3 is 0 Å². The SMILES string of the molecule is C=CCC[C@H]1CN1NS(=O)(=O)C(C)(C)C. The van der Waals surface area contributed by atoms with Gasteiger partial charge in [-0.15, -0.1) is 11.4 Å². The minimum Gasteiger partial charge on any atom is -0.225 e. The third-order valence-electron chi connectivity index (χ3n) is 2.46. The maximum absolute atomic E-state index is 11.7. The van der Waals surface area contributed by atoms with Crippen LogP contribution >= 0.6 is 0 Å². The lowest BCUT2D eigenvalue weighted by atomic mass is 10.2. The van der Waals surface area contributed by atoms with Crippen LogP contribution in [0.25, 0.3) is 0 Å². The Balaban J connectivity index is 2.43. The highest BCUT2D eigenvalue weighted by Gasteiger charge is 2.40. The van der Waals surface area contributed by atoms with Gasteiger partial charge in [-0.2, -0.15) is 0 Å². The van der Waals surface area contributed by atoms with Crippen molar-refractivity contribution in [3.05, 3.63) is 12.7 Å². The summed E-state index contributed by atoms with van der Waals surface area (Å²) in [5.74, 6) is 0. The summed E-state index contributed by atoms with van der Waals surface area (Å²) in [7, 11) is -3.24. The maximum atomic E-state index is 11.7. The highest BCUT2D eigenvalue weighted by atomic mass is 32.2. The van der Waals surface area contributed by atoms with Crippen molar-refractivity contribution in [2.45, 2.75) is 44.4 Å². The van der Waals surface area contributed by atoms with Crippen molar-refractivity contribution in [2.75, 3.05) is 6.54 Å². The summed E-state index contributed by atoms with van der Waals surface area (Å²) in [6.45, 7) is 9.53. The number of allylic oxidation sites excluding steroid dienone is 1. The van der Waals surface area contributed by atoms with E-state index in [4.69, 9.17) is 0 Å². The Bertz CT molecular complexity index is 330. The second-order valence-corrected chi connectivity index (χ2v) is 7.29. The third kappa shape index (κ3) is 3.29. The summed E-state index contributed by atoms with van der Waals surface area (Å²) in [5.41, 5.74) is 0. The quantitative estimate of drug-likeness (QED) is 0.573. The number of nitrogens with zero attached hydrogens (tertiary/aromatic N) is 1. The average molecular weight is 232 g/mol. The molecule has 0 aromatic rings. The second kappa shape index (κ2) is 4.23. The van der Waals surface area contributed by atoms with Crippen LogP contribution in [0.15, 0.2) is 12.7 Å². The van der Waals surface area contributed by atoms with Crippen molar-refractivity contribution < 1.29 is 8.42 Å². The normalized spacial score (nSPS) is 26.3.